The Balaban J connectivity index is 0.000000112. The molecule has 4 saturated heterocycles. The number of likely N-dealkylation sites (tertiary alicyclic amines) is 4. The number of para-hydroxylation sites is 4. The van der Waals surface area contributed by atoms with Crippen LogP contribution in [0.2, 0.25) is 0 Å². The fraction of sp³-hybridized carbons (Fsp3) is 0.263. The highest BCUT2D eigenvalue weighted by Crippen LogP contribution is 2.71. The molecule has 28 nitrogen and oxygen atoms in total. The van der Waals surface area contributed by atoms with Gasteiger partial charge in [-0.15, -0.1) is 0 Å². The van der Waals surface area contributed by atoms with Crippen LogP contribution in [0.5, 0.6) is 46.0 Å². The van der Waals surface area contributed by atoms with Gasteiger partial charge in [-0.1, -0.05) is 138 Å². The van der Waals surface area contributed by atoms with E-state index in [0.29, 0.717) is 83.7 Å². The van der Waals surface area contributed by atoms with Crippen molar-refractivity contribution in [3.8, 4) is 115 Å². The number of fused-ring (bicyclic) bond motifs is 8. The molecule has 12 atom stereocenters. The highest BCUT2D eigenvalue weighted by Gasteiger charge is 2.70. The van der Waals surface area contributed by atoms with Gasteiger partial charge >= 0.3 is 0 Å². The van der Waals surface area contributed by atoms with Gasteiger partial charge < -0.3 is 61.5 Å². The molecule has 6 unspecified atom stereocenters. The molecule has 28 heteroatoms. The van der Waals surface area contributed by atoms with Gasteiger partial charge in [0.1, 0.15) is 137 Å². The van der Waals surface area contributed by atoms with Gasteiger partial charge in [0.25, 0.3) is 11.8 Å². The van der Waals surface area contributed by atoms with E-state index in [1.54, 1.807) is 38.6 Å². The topological polar surface area (TPSA) is 343 Å². The van der Waals surface area contributed by atoms with E-state index in [0.717, 1.165) is 175 Å². The molecule has 0 bridgehead atoms. The minimum Gasteiger partial charge on any atom is -0.457 e. The second-order valence-corrected chi connectivity index (χ2v) is 38.6. The second kappa shape index (κ2) is 37.8. The molecule has 712 valence electrons. The quantitative estimate of drug-likeness (QED) is 0.0458. The summed E-state index contributed by atoms with van der Waals surface area (Å²) < 4.78 is 31.8. The van der Waals surface area contributed by atoms with Crippen molar-refractivity contribution in [1.29, 1.82) is 0 Å². The van der Waals surface area contributed by atoms with Crippen molar-refractivity contribution in [1.82, 2.24) is 77.1 Å². The predicted octanol–water partition coefficient (Wildman–Crippen LogP) is 20.4. The zero-order valence-electron chi connectivity index (χ0n) is 79.7. The second-order valence-electron chi connectivity index (χ2n) is 38.6. The van der Waals surface area contributed by atoms with Gasteiger partial charge in [0, 0.05) is 98.0 Å². The van der Waals surface area contributed by atoms with E-state index in [4.69, 9.17) is 61.8 Å². The third-order valence-electron chi connectivity index (χ3n) is 30.0. The van der Waals surface area contributed by atoms with Crippen LogP contribution in [0.4, 0.5) is 23.3 Å². The Morgan fingerprint density at radius 3 is 0.894 bits per heavy atom. The lowest BCUT2D eigenvalue weighted by atomic mass is 9.93. The standard InChI is InChI=1S/2C29H27N5O2.2C28H27N5O2/c1-4-8-22(35)34-17-21-23(29(21,2)3)25(34)28-32-24(26-27(30)31-15-16-33(26)28)18-11-13-20(14-12-18)36-19-9-6-5-7-10-19;1-2-7-24(35)34-18-20-8-6-11-23(20)26(34)29-32-25(27-28(30)31-16-17-33(27)29)19-12-14-22(15-13-19)36-21-9-4-3-5-10-21;1-4-21(34)33-16-20-22(28(20,2)3)24(33)27-31-23(25-26(29)30-14-15-32(25)27)17-10-12-19(13-11-17)35-18-8-6-5-7-9-18;1-2-23(34)33-17-19-7-6-10-22(19)25(33)28-31-24(26-27(29)30-15-16-32(26)28)18-11-13-21(14-12-18)35-20-8-4-3-5-9-20/h5-7,9-16,21,23,25H,17H2,1-3H3,(H2,30,31);3-5,9-10,12-17,20,23,26H,6,8,11,18H2,1H3,(H2,30,31);4-15,20,22,24H,1,16H2,2-3H3,(H2,29,30);2-5,8-9,11-16,19,22,25H,1,6-7,10,17H2,(H2,29,30)/t21-,23-,25-;;20-,22-,24-;/m0.0./s1. The number of piperidine rings is 2. The van der Waals surface area contributed by atoms with Crippen LogP contribution in [0, 0.1) is 81.9 Å². The molecule has 8 fully saturated rings. The van der Waals surface area contributed by atoms with Crippen molar-refractivity contribution in [2.75, 3.05) is 49.1 Å². The average Bonchev–Trinajstić information content (AvgIpc) is 1.52. The molecule has 8 aromatic carbocycles. The van der Waals surface area contributed by atoms with Gasteiger partial charge in [-0.05, 0) is 267 Å². The molecule has 0 spiro atoms. The summed E-state index contributed by atoms with van der Waals surface area (Å²) in [6, 6.07) is 69.3. The summed E-state index contributed by atoms with van der Waals surface area (Å²) in [5, 5.41) is 0. The summed E-state index contributed by atoms with van der Waals surface area (Å²) in [6.07, 6.45) is 23.9. The number of amides is 4. The number of benzene rings is 8. The van der Waals surface area contributed by atoms with Crippen LogP contribution in [-0.4, -0.2) is 127 Å². The van der Waals surface area contributed by atoms with Crippen LogP contribution in [0.25, 0.3) is 67.1 Å². The Morgan fingerprint density at radius 1 is 0.345 bits per heavy atom. The van der Waals surface area contributed by atoms with Gasteiger partial charge in [-0.2, -0.15) is 0 Å². The monoisotopic (exact) mass is 1880 g/mol. The first-order valence-corrected chi connectivity index (χ1v) is 48.2. The molecule has 4 saturated carbocycles. The number of nitrogens with zero attached hydrogens (tertiary/aromatic N) is 16. The maximum absolute atomic E-state index is 13.0. The van der Waals surface area contributed by atoms with E-state index in [1.807, 2.05) is 280 Å². The summed E-state index contributed by atoms with van der Waals surface area (Å²) in [5.74, 6) is 24.7. The molecule has 4 aliphatic heterocycles. The van der Waals surface area contributed by atoms with Crippen molar-refractivity contribution in [3.63, 3.8) is 0 Å². The molecule has 8 aromatic heterocycles. The first-order valence-electron chi connectivity index (χ1n) is 48.2. The Morgan fingerprint density at radius 2 is 0.599 bits per heavy atom. The smallest absolute Gasteiger partial charge is 0.299 e. The van der Waals surface area contributed by atoms with Crippen molar-refractivity contribution >= 4 is 69.0 Å². The molecule has 142 heavy (non-hydrogen) atoms. The largest absolute Gasteiger partial charge is 0.457 e. The lowest BCUT2D eigenvalue weighted by Crippen LogP contribution is -2.35. The van der Waals surface area contributed by atoms with E-state index in [2.05, 4.69) is 84.5 Å². The van der Waals surface area contributed by atoms with Crippen LogP contribution < -0.4 is 41.9 Å². The predicted molar refractivity (Wildman–Crippen MR) is 546 cm³/mol. The van der Waals surface area contributed by atoms with Gasteiger partial charge in [0.2, 0.25) is 11.8 Å². The minimum atomic E-state index is -0.179. The molecule has 8 N–H and O–H groups in total. The maximum atomic E-state index is 13.0. The number of hydrogen-bond donors (Lipinski definition) is 4. The van der Waals surface area contributed by atoms with Crippen LogP contribution in [-0.2, 0) is 19.2 Å². The number of nitrogens with two attached hydrogens (primary N) is 4. The zero-order valence-corrected chi connectivity index (χ0v) is 79.7. The molecule has 0 radical (unpaired) electrons. The maximum Gasteiger partial charge on any atom is 0.299 e. The Labute approximate surface area is 822 Å². The summed E-state index contributed by atoms with van der Waals surface area (Å²) >= 11 is 0. The molecule has 4 amide bonds. The highest BCUT2D eigenvalue weighted by molar-refractivity contribution is 5.96. The van der Waals surface area contributed by atoms with E-state index in [-0.39, 0.29) is 58.6 Å². The zero-order chi connectivity index (χ0) is 97.9. The van der Waals surface area contributed by atoms with Gasteiger partial charge in [-0.25, -0.2) is 39.9 Å². The van der Waals surface area contributed by atoms with Crippen LogP contribution in [0.15, 0.2) is 293 Å². The molecular formula is C114H108N20O8. The molecule has 16 aromatic rings. The van der Waals surface area contributed by atoms with E-state index < -0.39 is 0 Å². The van der Waals surface area contributed by atoms with Gasteiger partial charge in [-0.3, -0.25) is 36.8 Å². The Hall–Kier alpha value is -16.9. The van der Waals surface area contributed by atoms with Crippen LogP contribution >= 0.6 is 0 Å². The Kier molecular flexibility index (Phi) is 24.4. The van der Waals surface area contributed by atoms with E-state index in [9.17, 15) is 19.2 Å². The third kappa shape index (κ3) is 17.0. The first-order chi connectivity index (χ1) is 69.1. The number of hydrogen-bond acceptors (Lipinski definition) is 20. The summed E-state index contributed by atoms with van der Waals surface area (Å²) in [4.78, 5) is 97.0. The molecule has 4 aliphatic carbocycles. The van der Waals surface area contributed by atoms with Gasteiger partial charge in [0.15, 0.2) is 0 Å². The number of nitrogen functional groups attached to an aromatic ring is 4. The van der Waals surface area contributed by atoms with Gasteiger partial charge in [0.05, 0.1) is 24.2 Å². The van der Waals surface area contributed by atoms with E-state index >= 15 is 0 Å². The molecule has 12 heterocycles. The van der Waals surface area contributed by atoms with Crippen LogP contribution in [0.3, 0.4) is 0 Å². The fourth-order valence-corrected chi connectivity index (χ4v) is 23.1. The number of carbonyl (C=O) groups is 4. The Bertz CT molecular complexity index is 7310. The van der Waals surface area contributed by atoms with Crippen molar-refractivity contribution in [2.45, 2.75) is 104 Å². The minimum absolute atomic E-state index is 0.0489. The van der Waals surface area contributed by atoms with E-state index in [1.165, 1.54) is 25.0 Å². The third-order valence-corrected chi connectivity index (χ3v) is 30.0. The van der Waals surface area contributed by atoms with Crippen molar-refractivity contribution < 1.29 is 38.1 Å². The van der Waals surface area contributed by atoms with Crippen molar-refractivity contribution in [3.05, 3.63) is 317 Å². The number of rotatable bonds is 18. The SMILES string of the molecule is C=CC(=O)N1CC2CCCC2C1c1nc(-c2ccc(Oc3ccccc3)cc2)c2c(N)nccn12.C=CC(=O)N1C[C@H]2[C@@H]([C@H]1c1nc(-c3ccc(Oc4ccccc4)cc3)c3c(N)nccn13)C2(C)C.CC#CC(=O)N1CC2CCCC2C1c1nc(-c2ccc(Oc3ccccc3)cc2)c2c(N)nccn12.CC#CC(=O)N1C[C@H]2[C@@H]([C@H]1c1nc(-c3ccc(Oc4ccccc4)cc3)c3c(N)nccn13)C2(C)C. The van der Waals surface area contributed by atoms with Crippen molar-refractivity contribution in [2.24, 2.45) is 58.2 Å². The fourth-order valence-electron chi connectivity index (χ4n) is 23.1. The first kappa shape index (κ1) is 91.5. The lowest BCUT2D eigenvalue weighted by Gasteiger charge is -2.29. The summed E-state index contributed by atoms with van der Waals surface area (Å²) in [6.45, 7) is 22.8. The number of imidazole rings is 4. The summed E-state index contributed by atoms with van der Waals surface area (Å²) in [5.41, 5.74) is 35.4. The molecule has 24 rings (SSSR count). The normalized spacial score (nSPS) is 21.4. The number of carbonyl (C=O) groups excluding carboxylic acids is 4. The summed E-state index contributed by atoms with van der Waals surface area (Å²) in [7, 11) is 0. The number of aromatic nitrogens is 12. The number of ether oxygens (including phenoxy) is 4. The van der Waals surface area contributed by atoms with Crippen LogP contribution in [0.1, 0.15) is 128 Å². The average molecular weight is 1890 g/mol. The lowest BCUT2D eigenvalue weighted by molar-refractivity contribution is -0.129. The molecular weight excluding hydrogens is 1780 g/mol. The molecule has 8 aliphatic rings. The highest BCUT2D eigenvalue weighted by atomic mass is 16.5. The number of anilines is 4.